The number of hydrazine groups is 1. The number of allylic oxidation sites excluding steroid dienone is 1. The Hall–Kier alpha value is -0.350. The molecule has 72 valence electrons. The van der Waals surface area contributed by atoms with Crippen LogP contribution in [0.15, 0.2) is 23.8 Å². The van der Waals surface area contributed by atoms with Crippen molar-refractivity contribution in [3.63, 3.8) is 0 Å². The quantitative estimate of drug-likeness (QED) is 0.463. The van der Waals surface area contributed by atoms with E-state index in [1.165, 1.54) is 5.57 Å². The summed E-state index contributed by atoms with van der Waals surface area (Å²) in [5.74, 6) is 5.43. The van der Waals surface area contributed by atoms with Gasteiger partial charge >= 0.3 is 0 Å². The highest BCUT2D eigenvalue weighted by Gasteiger charge is 2.08. The smallest absolute Gasteiger partial charge is 0.0931 e. The summed E-state index contributed by atoms with van der Waals surface area (Å²) in [7, 11) is 0. The van der Waals surface area contributed by atoms with Gasteiger partial charge in [-0.05, 0) is 26.0 Å². The first-order chi connectivity index (χ1) is 6.13. The fraction of sp³-hybridized carbons (Fsp3) is 0.333. The number of hydrogen-bond acceptors (Lipinski definition) is 3. The molecular formula is C9H13ClN2S. The number of nitrogens with one attached hydrogen (secondary N) is 1. The zero-order valence-electron chi connectivity index (χ0n) is 7.67. The third-order valence-corrected chi connectivity index (χ3v) is 2.89. The van der Waals surface area contributed by atoms with Crippen LogP contribution in [0.4, 0.5) is 0 Å². The molecule has 0 saturated carbocycles. The molecule has 0 aliphatic rings. The van der Waals surface area contributed by atoms with Crippen LogP contribution in [0.5, 0.6) is 0 Å². The molecule has 0 amide bonds. The van der Waals surface area contributed by atoms with Gasteiger partial charge in [0.25, 0.3) is 0 Å². The number of nitrogens with two attached hydrogens (primary N) is 1. The van der Waals surface area contributed by atoms with Crippen molar-refractivity contribution in [2.24, 2.45) is 5.84 Å². The number of halogens is 1. The number of hydrogen-bond donors (Lipinski definition) is 2. The SMILES string of the molecule is CC(C)=CC(NN)c1ccc(Cl)s1. The van der Waals surface area contributed by atoms with Crippen molar-refractivity contribution in [3.05, 3.63) is 33.0 Å². The Balaban J connectivity index is 2.84. The summed E-state index contributed by atoms with van der Waals surface area (Å²) in [5.41, 5.74) is 3.97. The summed E-state index contributed by atoms with van der Waals surface area (Å²) >= 11 is 7.37. The van der Waals surface area contributed by atoms with Crippen molar-refractivity contribution in [3.8, 4) is 0 Å². The molecule has 4 heteroatoms. The standard InChI is InChI=1S/C9H13ClN2S/c1-6(2)5-7(12-11)8-3-4-9(10)13-8/h3-5,7,12H,11H2,1-2H3. The van der Waals surface area contributed by atoms with E-state index in [9.17, 15) is 0 Å². The van der Waals surface area contributed by atoms with Gasteiger partial charge in [0.15, 0.2) is 0 Å². The molecule has 0 spiro atoms. The fourth-order valence-electron chi connectivity index (χ4n) is 1.04. The fourth-order valence-corrected chi connectivity index (χ4v) is 2.13. The van der Waals surface area contributed by atoms with E-state index in [4.69, 9.17) is 17.4 Å². The van der Waals surface area contributed by atoms with Gasteiger partial charge in [0.2, 0.25) is 0 Å². The van der Waals surface area contributed by atoms with E-state index in [0.29, 0.717) is 0 Å². The molecule has 1 rings (SSSR count). The Morgan fingerprint density at radius 1 is 1.62 bits per heavy atom. The molecule has 1 aromatic rings. The average molecular weight is 217 g/mol. The molecule has 0 aliphatic carbocycles. The largest absolute Gasteiger partial charge is 0.271 e. The minimum absolute atomic E-state index is 0.0718. The van der Waals surface area contributed by atoms with Crippen molar-refractivity contribution in [1.29, 1.82) is 0 Å². The van der Waals surface area contributed by atoms with Crippen LogP contribution in [0.1, 0.15) is 24.8 Å². The molecule has 0 aliphatic heterocycles. The molecule has 0 bridgehead atoms. The molecule has 1 atom stereocenters. The van der Waals surface area contributed by atoms with Gasteiger partial charge in [0, 0.05) is 4.88 Å². The Labute approximate surface area is 87.4 Å². The summed E-state index contributed by atoms with van der Waals surface area (Å²) in [5, 5.41) is 0. The second kappa shape index (κ2) is 4.77. The second-order valence-electron chi connectivity index (χ2n) is 3.03. The van der Waals surface area contributed by atoms with E-state index in [1.54, 1.807) is 11.3 Å². The normalized spacial score (nSPS) is 12.6. The third-order valence-electron chi connectivity index (χ3n) is 1.58. The Morgan fingerprint density at radius 2 is 2.31 bits per heavy atom. The maximum atomic E-state index is 5.83. The highest BCUT2D eigenvalue weighted by molar-refractivity contribution is 7.16. The van der Waals surface area contributed by atoms with Crippen molar-refractivity contribution >= 4 is 22.9 Å². The molecule has 13 heavy (non-hydrogen) atoms. The van der Waals surface area contributed by atoms with Crippen LogP contribution in [0.3, 0.4) is 0 Å². The summed E-state index contributed by atoms with van der Waals surface area (Å²) in [6.07, 6.45) is 2.07. The van der Waals surface area contributed by atoms with Crippen LogP contribution >= 0.6 is 22.9 Å². The summed E-state index contributed by atoms with van der Waals surface area (Å²) < 4.78 is 0.789. The van der Waals surface area contributed by atoms with Gasteiger partial charge in [-0.25, -0.2) is 5.43 Å². The minimum Gasteiger partial charge on any atom is -0.271 e. The molecule has 1 unspecified atom stereocenters. The van der Waals surface area contributed by atoms with Crippen LogP contribution in [-0.2, 0) is 0 Å². The third kappa shape index (κ3) is 3.12. The summed E-state index contributed by atoms with van der Waals surface area (Å²) in [4.78, 5) is 1.13. The van der Waals surface area contributed by atoms with Crippen LogP contribution in [0, 0.1) is 0 Å². The van der Waals surface area contributed by atoms with Crippen LogP contribution in [-0.4, -0.2) is 0 Å². The molecule has 1 heterocycles. The predicted octanol–water partition coefficient (Wildman–Crippen LogP) is 2.87. The highest BCUT2D eigenvalue weighted by Crippen LogP contribution is 2.27. The molecule has 2 nitrogen and oxygen atoms in total. The molecule has 0 aromatic carbocycles. The van der Waals surface area contributed by atoms with Crippen LogP contribution < -0.4 is 11.3 Å². The number of rotatable bonds is 3. The van der Waals surface area contributed by atoms with E-state index < -0.39 is 0 Å². The first-order valence-electron chi connectivity index (χ1n) is 4.00. The Morgan fingerprint density at radius 3 is 2.69 bits per heavy atom. The van der Waals surface area contributed by atoms with Crippen molar-refractivity contribution in [2.75, 3.05) is 0 Å². The zero-order chi connectivity index (χ0) is 9.84. The van der Waals surface area contributed by atoms with Crippen molar-refractivity contribution in [1.82, 2.24) is 5.43 Å². The molecule has 0 radical (unpaired) electrons. The first kappa shape index (κ1) is 10.7. The van der Waals surface area contributed by atoms with Crippen LogP contribution in [0.2, 0.25) is 4.34 Å². The van der Waals surface area contributed by atoms with Gasteiger partial charge in [-0.2, -0.15) is 0 Å². The van der Waals surface area contributed by atoms with E-state index >= 15 is 0 Å². The zero-order valence-corrected chi connectivity index (χ0v) is 9.25. The lowest BCUT2D eigenvalue weighted by molar-refractivity contribution is 0.662. The topological polar surface area (TPSA) is 38.0 Å². The molecular weight excluding hydrogens is 204 g/mol. The van der Waals surface area contributed by atoms with E-state index in [-0.39, 0.29) is 6.04 Å². The number of thiophene rings is 1. The predicted molar refractivity (Wildman–Crippen MR) is 58.8 cm³/mol. The highest BCUT2D eigenvalue weighted by atomic mass is 35.5. The van der Waals surface area contributed by atoms with Crippen LogP contribution in [0.25, 0.3) is 0 Å². The van der Waals surface area contributed by atoms with E-state index in [0.717, 1.165) is 9.21 Å². The maximum absolute atomic E-state index is 5.83. The Kier molecular flexibility index (Phi) is 3.93. The molecule has 1 aromatic heterocycles. The van der Waals surface area contributed by atoms with Gasteiger partial charge in [-0.15, -0.1) is 11.3 Å². The summed E-state index contributed by atoms with van der Waals surface area (Å²) in [6.45, 7) is 4.08. The maximum Gasteiger partial charge on any atom is 0.0931 e. The lowest BCUT2D eigenvalue weighted by Crippen LogP contribution is -2.26. The van der Waals surface area contributed by atoms with Gasteiger partial charge in [-0.1, -0.05) is 23.3 Å². The second-order valence-corrected chi connectivity index (χ2v) is 4.78. The first-order valence-corrected chi connectivity index (χ1v) is 5.19. The average Bonchev–Trinajstić information content (AvgIpc) is 2.47. The van der Waals surface area contributed by atoms with Crippen molar-refractivity contribution < 1.29 is 0 Å². The van der Waals surface area contributed by atoms with Gasteiger partial charge < -0.3 is 0 Å². The lowest BCUT2D eigenvalue weighted by Gasteiger charge is -2.09. The van der Waals surface area contributed by atoms with Gasteiger partial charge in [-0.3, -0.25) is 5.84 Å². The van der Waals surface area contributed by atoms with Crippen molar-refractivity contribution in [2.45, 2.75) is 19.9 Å². The minimum atomic E-state index is 0.0718. The van der Waals surface area contributed by atoms with Gasteiger partial charge in [0.1, 0.15) is 0 Å². The monoisotopic (exact) mass is 216 g/mol. The lowest BCUT2D eigenvalue weighted by atomic mass is 10.2. The van der Waals surface area contributed by atoms with Gasteiger partial charge in [0.05, 0.1) is 10.4 Å². The summed E-state index contributed by atoms with van der Waals surface area (Å²) in [6, 6.07) is 3.93. The van der Waals surface area contributed by atoms with E-state index in [1.807, 2.05) is 26.0 Å². The van der Waals surface area contributed by atoms with E-state index in [2.05, 4.69) is 11.5 Å². The molecule has 3 N–H and O–H groups in total. The molecule has 0 saturated heterocycles. The Bertz CT molecular complexity index is 302. The molecule has 0 fully saturated rings.